The fourth-order valence-corrected chi connectivity index (χ4v) is 0.567. The van der Waals surface area contributed by atoms with Crippen LogP contribution in [0.25, 0.3) is 0 Å². The molecule has 2 N–H and O–H groups in total. The first-order chi connectivity index (χ1) is 5.57. The molecule has 0 unspecified atom stereocenters. The molecule has 0 fully saturated rings. The number of hydrogen-bond acceptors (Lipinski definition) is 2. The highest BCUT2D eigenvalue weighted by atomic mass is 19.4. The van der Waals surface area contributed by atoms with Crippen LogP contribution in [0.4, 0.5) is 13.2 Å². The molecule has 0 radical (unpaired) electrons. The molecule has 3 nitrogen and oxygen atoms in total. The summed E-state index contributed by atoms with van der Waals surface area (Å²) in [5, 5.41) is 0. The minimum Gasteiger partial charge on any atom is -0.367 e. The summed E-state index contributed by atoms with van der Waals surface area (Å²) >= 11 is 0. The molecular formula is C7H12F3NO2. The predicted molar refractivity (Wildman–Crippen MR) is 39.9 cm³/mol. The largest absolute Gasteiger partial charge is 0.414 e. The van der Waals surface area contributed by atoms with E-state index >= 15 is 0 Å². The van der Waals surface area contributed by atoms with Crippen LogP contribution >= 0.6 is 0 Å². The lowest BCUT2D eigenvalue weighted by atomic mass is 10.1. The predicted octanol–water partition coefficient (Wildman–Crippen LogP) is 1.22. The second-order valence-electron chi connectivity index (χ2n) is 3.18. The maximum absolute atomic E-state index is 12.0. The molecule has 0 rings (SSSR count). The molecule has 78 valence electrons. The summed E-state index contributed by atoms with van der Waals surface area (Å²) in [6.07, 6.45) is -6.48. The topological polar surface area (TPSA) is 52.3 Å². The van der Waals surface area contributed by atoms with Gasteiger partial charge in [0, 0.05) is 0 Å². The molecule has 0 bridgehead atoms. The lowest BCUT2D eigenvalue weighted by Crippen LogP contribution is -2.46. The van der Waals surface area contributed by atoms with E-state index in [1.165, 1.54) is 13.8 Å². The van der Waals surface area contributed by atoms with Crippen molar-refractivity contribution in [3.05, 3.63) is 0 Å². The fraction of sp³-hybridized carbons (Fsp3) is 0.857. The number of ether oxygens (including phenoxy) is 1. The second-order valence-corrected chi connectivity index (χ2v) is 3.18. The molecule has 0 aromatic heterocycles. The van der Waals surface area contributed by atoms with Crippen LogP contribution in [0.1, 0.15) is 20.8 Å². The monoisotopic (exact) mass is 199 g/mol. The molecule has 1 atom stereocenters. The molecule has 0 saturated carbocycles. The Kier molecular flexibility index (Phi) is 3.32. The molecule has 0 aromatic rings. The highest BCUT2D eigenvalue weighted by Crippen LogP contribution is 2.26. The van der Waals surface area contributed by atoms with Crippen LogP contribution in [-0.2, 0) is 9.53 Å². The Morgan fingerprint density at radius 1 is 1.38 bits per heavy atom. The average Bonchev–Trinajstić information content (AvgIpc) is 1.83. The maximum Gasteiger partial charge on any atom is 0.414 e. The van der Waals surface area contributed by atoms with Crippen molar-refractivity contribution in [1.82, 2.24) is 0 Å². The summed E-state index contributed by atoms with van der Waals surface area (Å²) in [5.41, 5.74) is 3.23. The van der Waals surface area contributed by atoms with E-state index in [0.717, 1.165) is 6.92 Å². The van der Waals surface area contributed by atoms with Crippen LogP contribution in [0.15, 0.2) is 0 Å². The van der Waals surface area contributed by atoms with Crippen molar-refractivity contribution in [2.24, 2.45) is 5.73 Å². The molecule has 0 heterocycles. The second kappa shape index (κ2) is 3.53. The number of alkyl halides is 3. The lowest BCUT2D eigenvalue weighted by molar-refractivity contribution is -0.238. The normalized spacial score (nSPS) is 15.5. The van der Waals surface area contributed by atoms with Gasteiger partial charge in [-0.25, -0.2) is 0 Å². The minimum atomic E-state index is -4.48. The van der Waals surface area contributed by atoms with Crippen molar-refractivity contribution in [3.63, 3.8) is 0 Å². The number of primary amides is 1. The summed E-state index contributed by atoms with van der Waals surface area (Å²) in [7, 11) is 0. The summed E-state index contributed by atoms with van der Waals surface area (Å²) < 4.78 is 40.4. The van der Waals surface area contributed by atoms with Crippen molar-refractivity contribution < 1.29 is 22.7 Å². The van der Waals surface area contributed by atoms with Crippen LogP contribution in [-0.4, -0.2) is 23.8 Å². The molecule has 0 saturated heterocycles. The molecule has 0 spiro atoms. The van der Waals surface area contributed by atoms with Crippen LogP contribution < -0.4 is 5.73 Å². The third-order valence-electron chi connectivity index (χ3n) is 1.53. The average molecular weight is 199 g/mol. The van der Waals surface area contributed by atoms with E-state index in [4.69, 9.17) is 5.73 Å². The number of halogens is 3. The van der Waals surface area contributed by atoms with E-state index in [0.29, 0.717) is 0 Å². The molecular weight excluding hydrogens is 187 g/mol. The van der Waals surface area contributed by atoms with Gasteiger partial charge < -0.3 is 10.5 Å². The molecule has 6 heteroatoms. The summed E-state index contributed by atoms with van der Waals surface area (Å²) in [5.74, 6) is -0.927. The van der Waals surface area contributed by atoms with Gasteiger partial charge in [-0.2, -0.15) is 13.2 Å². The van der Waals surface area contributed by atoms with Crippen LogP contribution in [0, 0.1) is 0 Å². The van der Waals surface area contributed by atoms with E-state index < -0.39 is 23.8 Å². The number of carbonyl (C=O) groups is 1. The Morgan fingerprint density at radius 3 is 2.00 bits per heavy atom. The van der Waals surface area contributed by atoms with Gasteiger partial charge in [0.15, 0.2) is 6.10 Å². The number of rotatable bonds is 3. The Balaban J connectivity index is 4.37. The van der Waals surface area contributed by atoms with Gasteiger partial charge in [-0.15, -0.1) is 0 Å². The Bertz CT molecular complexity index is 200. The summed E-state index contributed by atoms with van der Waals surface area (Å²) in [6, 6.07) is 0. The highest BCUT2D eigenvalue weighted by molar-refractivity contribution is 5.82. The first-order valence-corrected chi connectivity index (χ1v) is 3.62. The van der Waals surface area contributed by atoms with Gasteiger partial charge >= 0.3 is 6.18 Å². The molecule has 0 aliphatic rings. The van der Waals surface area contributed by atoms with Crippen molar-refractivity contribution >= 4 is 5.91 Å². The molecule has 13 heavy (non-hydrogen) atoms. The zero-order valence-corrected chi connectivity index (χ0v) is 7.61. The number of amides is 1. The zero-order chi connectivity index (χ0) is 10.9. The number of nitrogens with two attached hydrogens (primary N) is 1. The highest BCUT2D eigenvalue weighted by Gasteiger charge is 2.42. The first-order valence-electron chi connectivity index (χ1n) is 3.62. The standard InChI is InChI=1S/C7H12F3NO2/c1-4(7(8,9)10)13-6(2,3)5(11)12/h4H,1-3H3,(H2,11,12)/t4-/m0/s1. The third-order valence-corrected chi connectivity index (χ3v) is 1.53. The van der Waals surface area contributed by atoms with Crippen molar-refractivity contribution in [3.8, 4) is 0 Å². The summed E-state index contributed by atoms with van der Waals surface area (Å²) in [6.45, 7) is 3.21. The van der Waals surface area contributed by atoms with Gasteiger partial charge in [-0.1, -0.05) is 0 Å². The molecule has 1 amide bonds. The minimum absolute atomic E-state index is 0.824. The molecule has 0 aliphatic carbocycles. The fourth-order valence-electron chi connectivity index (χ4n) is 0.567. The SMILES string of the molecule is C[C@H](OC(C)(C)C(N)=O)C(F)(F)F. The molecule has 0 aromatic carbocycles. The summed E-state index contributed by atoms with van der Waals surface area (Å²) in [4.78, 5) is 10.6. The Hall–Kier alpha value is -0.780. The van der Waals surface area contributed by atoms with E-state index in [2.05, 4.69) is 4.74 Å². The first kappa shape index (κ1) is 12.2. The molecule has 0 aliphatic heterocycles. The van der Waals surface area contributed by atoms with Gasteiger partial charge in [0.2, 0.25) is 5.91 Å². The van der Waals surface area contributed by atoms with Crippen LogP contribution in [0.5, 0.6) is 0 Å². The van der Waals surface area contributed by atoms with E-state index in [1.54, 1.807) is 0 Å². The van der Waals surface area contributed by atoms with E-state index in [-0.39, 0.29) is 0 Å². The number of hydrogen-bond donors (Lipinski definition) is 1. The van der Waals surface area contributed by atoms with Gasteiger partial charge in [0.05, 0.1) is 0 Å². The maximum atomic E-state index is 12.0. The Labute approximate surface area is 74.0 Å². The van der Waals surface area contributed by atoms with Crippen LogP contribution in [0.3, 0.4) is 0 Å². The van der Waals surface area contributed by atoms with Crippen molar-refractivity contribution in [2.45, 2.75) is 38.7 Å². The zero-order valence-electron chi connectivity index (χ0n) is 7.61. The Morgan fingerprint density at radius 2 is 1.77 bits per heavy atom. The van der Waals surface area contributed by atoms with Crippen molar-refractivity contribution in [1.29, 1.82) is 0 Å². The van der Waals surface area contributed by atoms with Crippen LogP contribution in [0.2, 0.25) is 0 Å². The van der Waals surface area contributed by atoms with Gasteiger partial charge in [0.1, 0.15) is 5.60 Å². The quantitative estimate of drug-likeness (QED) is 0.742. The van der Waals surface area contributed by atoms with Gasteiger partial charge in [-0.05, 0) is 20.8 Å². The van der Waals surface area contributed by atoms with E-state index in [1.807, 2.05) is 0 Å². The smallest absolute Gasteiger partial charge is 0.367 e. The third kappa shape index (κ3) is 3.63. The van der Waals surface area contributed by atoms with E-state index in [9.17, 15) is 18.0 Å². The van der Waals surface area contributed by atoms with Gasteiger partial charge in [-0.3, -0.25) is 4.79 Å². The van der Waals surface area contributed by atoms with Crippen molar-refractivity contribution in [2.75, 3.05) is 0 Å². The van der Waals surface area contributed by atoms with Gasteiger partial charge in [0.25, 0.3) is 0 Å². The number of carbonyl (C=O) groups excluding carboxylic acids is 1. The lowest BCUT2D eigenvalue weighted by Gasteiger charge is -2.27.